The maximum absolute atomic E-state index is 10.9. The zero-order valence-electron chi connectivity index (χ0n) is 12.2. The molecule has 0 radical (unpaired) electrons. The largest absolute Gasteiger partial charge is 0.495 e. The minimum atomic E-state index is -0.520. The molecule has 1 aromatic rings. The maximum atomic E-state index is 10.9. The summed E-state index contributed by atoms with van der Waals surface area (Å²) in [5.41, 5.74) is 0.683. The van der Waals surface area contributed by atoms with Crippen LogP contribution >= 0.6 is 0 Å². The Morgan fingerprint density at radius 1 is 1.37 bits per heavy atom. The van der Waals surface area contributed by atoms with Gasteiger partial charge >= 0.3 is 0 Å². The molecule has 19 heavy (non-hydrogen) atoms. The van der Waals surface area contributed by atoms with Crippen molar-refractivity contribution in [3.8, 4) is 5.75 Å². The molecule has 1 fully saturated rings. The molecule has 2 rings (SSSR count). The third-order valence-corrected chi connectivity index (χ3v) is 4.27. The topological polar surface area (TPSA) is 42.4 Å². The molecule has 1 aromatic heterocycles. The van der Waals surface area contributed by atoms with E-state index in [0.717, 1.165) is 19.3 Å². The Hall–Kier alpha value is -1.09. The van der Waals surface area contributed by atoms with Gasteiger partial charge in [-0.3, -0.25) is 4.98 Å². The molecule has 106 valence electrons. The minimum Gasteiger partial charge on any atom is -0.495 e. The highest BCUT2D eigenvalue weighted by molar-refractivity contribution is 5.30. The molecule has 1 aliphatic rings. The van der Waals surface area contributed by atoms with Crippen molar-refractivity contribution in [1.29, 1.82) is 0 Å². The lowest BCUT2D eigenvalue weighted by molar-refractivity contribution is 0.00650. The Morgan fingerprint density at radius 3 is 2.63 bits per heavy atom. The van der Waals surface area contributed by atoms with Crippen LogP contribution in [0.1, 0.15) is 57.7 Å². The van der Waals surface area contributed by atoms with E-state index in [1.165, 1.54) is 12.8 Å². The maximum Gasteiger partial charge on any atom is 0.143 e. The Balaban J connectivity index is 2.31. The van der Waals surface area contributed by atoms with E-state index >= 15 is 0 Å². The third kappa shape index (κ3) is 2.92. The number of hydrogen-bond donors (Lipinski definition) is 1. The second kappa shape index (κ2) is 5.91. The van der Waals surface area contributed by atoms with E-state index in [-0.39, 0.29) is 5.41 Å². The summed E-state index contributed by atoms with van der Waals surface area (Å²) in [6, 6.07) is 3.72. The molecule has 1 atom stereocenters. The zero-order valence-corrected chi connectivity index (χ0v) is 12.2. The molecule has 0 bridgehead atoms. The van der Waals surface area contributed by atoms with Crippen molar-refractivity contribution in [3.63, 3.8) is 0 Å². The summed E-state index contributed by atoms with van der Waals surface area (Å²) in [5, 5.41) is 10.9. The van der Waals surface area contributed by atoms with Crippen molar-refractivity contribution < 1.29 is 9.84 Å². The fourth-order valence-corrected chi connectivity index (χ4v) is 3.55. The van der Waals surface area contributed by atoms with E-state index in [2.05, 4.69) is 18.8 Å². The highest BCUT2D eigenvalue weighted by Crippen LogP contribution is 2.52. The van der Waals surface area contributed by atoms with Crippen LogP contribution in [0.15, 0.2) is 18.3 Å². The molecule has 1 unspecified atom stereocenters. The Bertz CT molecular complexity index is 411. The van der Waals surface area contributed by atoms with Crippen LogP contribution < -0.4 is 4.74 Å². The lowest BCUT2D eigenvalue weighted by Gasteiger charge is -2.36. The lowest BCUT2D eigenvalue weighted by atomic mass is 9.73. The summed E-state index contributed by atoms with van der Waals surface area (Å²) in [4.78, 5) is 4.37. The summed E-state index contributed by atoms with van der Waals surface area (Å²) in [6.45, 7) is 4.45. The van der Waals surface area contributed by atoms with Crippen molar-refractivity contribution in [3.05, 3.63) is 24.0 Å². The second-order valence-electron chi connectivity index (χ2n) is 6.16. The van der Waals surface area contributed by atoms with Crippen molar-refractivity contribution >= 4 is 0 Å². The quantitative estimate of drug-likeness (QED) is 0.880. The lowest BCUT2D eigenvalue weighted by Crippen LogP contribution is -2.28. The van der Waals surface area contributed by atoms with E-state index in [1.54, 1.807) is 13.3 Å². The molecule has 0 aliphatic heterocycles. The van der Waals surface area contributed by atoms with Gasteiger partial charge in [0.25, 0.3) is 0 Å². The van der Waals surface area contributed by atoms with Gasteiger partial charge in [-0.2, -0.15) is 0 Å². The number of methoxy groups -OCH3 is 1. The van der Waals surface area contributed by atoms with E-state index in [4.69, 9.17) is 4.74 Å². The molecule has 1 heterocycles. The number of hydrogen-bond acceptors (Lipinski definition) is 3. The predicted molar refractivity (Wildman–Crippen MR) is 76.1 cm³/mol. The predicted octanol–water partition coefficient (Wildman–Crippen LogP) is 3.73. The van der Waals surface area contributed by atoms with Crippen LogP contribution in [-0.2, 0) is 0 Å². The minimum absolute atomic E-state index is 0.0181. The van der Waals surface area contributed by atoms with Gasteiger partial charge in [0.05, 0.1) is 7.11 Å². The molecule has 3 heteroatoms. The molecule has 0 amide bonds. The van der Waals surface area contributed by atoms with Crippen LogP contribution in [0.5, 0.6) is 5.75 Å². The van der Waals surface area contributed by atoms with Crippen LogP contribution in [0.2, 0.25) is 0 Å². The Kier molecular flexibility index (Phi) is 4.46. The van der Waals surface area contributed by atoms with Crippen LogP contribution in [0.4, 0.5) is 0 Å². The number of aliphatic hydroxyl groups excluding tert-OH is 1. The van der Waals surface area contributed by atoms with E-state index in [1.807, 2.05) is 12.1 Å². The van der Waals surface area contributed by atoms with Gasteiger partial charge in [0.2, 0.25) is 0 Å². The summed E-state index contributed by atoms with van der Waals surface area (Å²) in [6.07, 6.45) is 6.86. The van der Waals surface area contributed by atoms with Gasteiger partial charge in [0, 0.05) is 11.6 Å². The van der Waals surface area contributed by atoms with Gasteiger partial charge in [-0.15, -0.1) is 0 Å². The number of aliphatic hydroxyl groups is 1. The number of nitrogens with zero attached hydrogens (tertiary/aromatic N) is 1. The first-order chi connectivity index (χ1) is 9.09. The monoisotopic (exact) mass is 263 g/mol. The van der Waals surface area contributed by atoms with E-state index in [0.29, 0.717) is 17.4 Å². The van der Waals surface area contributed by atoms with Gasteiger partial charge in [-0.25, -0.2) is 0 Å². The number of pyridine rings is 1. The second-order valence-corrected chi connectivity index (χ2v) is 6.16. The molecule has 3 nitrogen and oxygen atoms in total. The average Bonchev–Trinajstić information content (AvgIpc) is 2.86. The molecular formula is C16H25NO2. The molecule has 0 aromatic carbocycles. The van der Waals surface area contributed by atoms with Gasteiger partial charge < -0.3 is 9.84 Å². The molecule has 0 saturated heterocycles. The average molecular weight is 263 g/mol. The molecular weight excluding hydrogens is 238 g/mol. The summed E-state index contributed by atoms with van der Waals surface area (Å²) in [7, 11) is 1.64. The third-order valence-electron chi connectivity index (χ3n) is 4.27. The summed E-state index contributed by atoms with van der Waals surface area (Å²) < 4.78 is 5.35. The number of aromatic nitrogens is 1. The van der Waals surface area contributed by atoms with Crippen molar-refractivity contribution in [2.24, 2.45) is 11.3 Å². The SMILES string of the molecule is COc1cccnc1C(O)C1(CC(C)C)CCCC1. The summed E-state index contributed by atoms with van der Waals surface area (Å²) >= 11 is 0. The molecule has 1 aliphatic carbocycles. The van der Waals surface area contributed by atoms with Gasteiger partial charge in [-0.05, 0) is 37.3 Å². The Labute approximate surface area is 116 Å². The zero-order chi connectivity index (χ0) is 13.9. The first kappa shape index (κ1) is 14.3. The van der Waals surface area contributed by atoms with Gasteiger partial charge in [0.15, 0.2) is 0 Å². The first-order valence-electron chi connectivity index (χ1n) is 7.26. The fraction of sp³-hybridized carbons (Fsp3) is 0.688. The van der Waals surface area contributed by atoms with Crippen molar-refractivity contribution in [2.45, 2.75) is 52.1 Å². The number of rotatable bonds is 5. The van der Waals surface area contributed by atoms with E-state index < -0.39 is 6.10 Å². The van der Waals surface area contributed by atoms with Gasteiger partial charge in [-0.1, -0.05) is 26.7 Å². The number of ether oxygens (including phenoxy) is 1. The fourth-order valence-electron chi connectivity index (χ4n) is 3.55. The smallest absolute Gasteiger partial charge is 0.143 e. The van der Waals surface area contributed by atoms with Crippen LogP contribution in [0.25, 0.3) is 0 Å². The highest BCUT2D eigenvalue weighted by atomic mass is 16.5. The summed E-state index contributed by atoms with van der Waals surface area (Å²) in [5.74, 6) is 1.28. The first-order valence-corrected chi connectivity index (χ1v) is 7.26. The van der Waals surface area contributed by atoms with E-state index in [9.17, 15) is 5.11 Å². The highest BCUT2D eigenvalue weighted by Gasteiger charge is 2.43. The van der Waals surface area contributed by atoms with Crippen LogP contribution in [0, 0.1) is 11.3 Å². The van der Waals surface area contributed by atoms with Crippen molar-refractivity contribution in [1.82, 2.24) is 4.98 Å². The standard InChI is InChI=1S/C16H25NO2/c1-12(2)11-16(8-4-5-9-16)15(18)14-13(19-3)7-6-10-17-14/h6-7,10,12,15,18H,4-5,8-9,11H2,1-3H3. The molecule has 0 spiro atoms. The molecule has 1 N–H and O–H groups in total. The molecule has 1 saturated carbocycles. The normalized spacial score (nSPS) is 19.6. The van der Waals surface area contributed by atoms with Crippen LogP contribution in [-0.4, -0.2) is 17.2 Å². The van der Waals surface area contributed by atoms with Crippen molar-refractivity contribution in [2.75, 3.05) is 7.11 Å². The van der Waals surface area contributed by atoms with Gasteiger partial charge in [0.1, 0.15) is 17.5 Å². The Morgan fingerprint density at radius 2 is 2.05 bits per heavy atom. The van der Waals surface area contributed by atoms with Crippen LogP contribution in [0.3, 0.4) is 0 Å².